The molecule has 1 aromatic heterocycles. The highest BCUT2D eigenvalue weighted by atomic mass is 79.9. The number of halogens is 1. The van der Waals surface area contributed by atoms with Crippen LogP contribution in [0.2, 0.25) is 0 Å². The molecule has 0 aliphatic heterocycles. The summed E-state index contributed by atoms with van der Waals surface area (Å²) in [5.41, 5.74) is 2.08. The highest BCUT2D eigenvalue weighted by Crippen LogP contribution is 2.28. The van der Waals surface area contributed by atoms with Gasteiger partial charge in [0.1, 0.15) is 17.5 Å². The van der Waals surface area contributed by atoms with Crippen LogP contribution in [0.25, 0.3) is 0 Å². The third kappa shape index (κ3) is 3.73. The second-order valence-electron chi connectivity index (χ2n) is 6.00. The Morgan fingerprint density at radius 2 is 1.76 bits per heavy atom. The van der Waals surface area contributed by atoms with Gasteiger partial charge in [0.2, 0.25) is 0 Å². The molecule has 0 radical (unpaired) electrons. The van der Waals surface area contributed by atoms with Crippen LogP contribution in [0, 0.1) is 6.92 Å². The Hall–Kier alpha value is -1.62. The molecule has 0 spiro atoms. The Bertz CT molecular complexity index is 647. The van der Waals surface area contributed by atoms with Crippen molar-refractivity contribution in [1.82, 2.24) is 9.97 Å². The molecule has 0 saturated carbocycles. The first kappa shape index (κ1) is 15.8. The van der Waals surface area contributed by atoms with E-state index < -0.39 is 0 Å². The van der Waals surface area contributed by atoms with Crippen LogP contribution in [0.1, 0.15) is 32.2 Å². The molecule has 112 valence electrons. The van der Waals surface area contributed by atoms with Gasteiger partial charge in [-0.1, -0.05) is 42.8 Å². The molecular formula is C16H21BrN4. The van der Waals surface area contributed by atoms with Gasteiger partial charge in [-0.25, -0.2) is 9.97 Å². The molecule has 21 heavy (non-hydrogen) atoms. The minimum Gasteiger partial charge on any atom is -0.373 e. The highest BCUT2D eigenvalue weighted by molar-refractivity contribution is 9.10. The number of benzene rings is 1. The van der Waals surface area contributed by atoms with E-state index in [0.29, 0.717) is 0 Å². The summed E-state index contributed by atoms with van der Waals surface area (Å²) in [4.78, 5) is 9.17. The van der Waals surface area contributed by atoms with E-state index in [1.807, 2.05) is 31.3 Å². The molecule has 2 N–H and O–H groups in total. The van der Waals surface area contributed by atoms with Crippen LogP contribution >= 0.6 is 15.9 Å². The number of rotatable bonds is 3. The van der Waals surface area contributed by atoms with Gasteiger partial charge in [-0.3, -0.25) is 0 Å². The van der Waals surface area contributed by atoms with E-state index in [4.69, 9.17) is 0 Å². The van der Waals surface area contributed by atoms with Crippen molar-refractivity contribution in [2.75, 3.05) is 17.7 Å². The lowest BCUT2D eigenvalue weighted by atomic mass is 9.96. The molecule has 0 atom stereocenters. The van der Waals surface area contributed by atoms with Gasteiger partial charge in [0.15, 0.2) is 0 Å². The zero-order chi connectivity index (χ0) is 15.6. The van der Waals surface area contributed by atoms with Gasteiger partial charge in [0.25, 0.3) is 0 Å². The molecule has 0 aliphatic carbocycles. The van der Waals surface area contributed by atoms with Crippen molar-refractivity contribution < 1.29 is 0 Å². The summed E-state index contributed by atoms with van der Waals surface area (Å²) < 4.78 is 1.08. The van der Waals surface area contributed by atoms with Crippen LogP contribution < -0.4 is 10.6 Å². The minimum atomic E-state index is -0.102. The number of nitrogens with zero attached hydrogens (tertiary/aromatic N) is 2. The Morgan fingerprint density at radius 3 is 2.38 bits per heavy atom. The molecule has 1 heterocycles. The Morgan fingerprint density at radius 1 is 1.10 bits per heavy atom. The lowest BCUT2D eigenvalue weighted by molar-refractivity contribution is 0.547. The predicted molar refractivity (Wildman–Crippen MR) is 92.4 cm³/mol. The van der Waals surface area contributed by atoms with E-state index in [-0.39, 0.29) is 5.41 Å². The van der Waals surface area contributed by atoms with Gasteiger partial charge in [-0.2, -0.15) is 0 Å². The van der Waals surface area contributed by atoms with E-state index in [9.17, 15) is 0 Å². The molecule has 0 unspecified atom stereocenters. The summed E-state index contributed by atoms with van der Waals surface area (Å²) >= 11 is 3.55. The number of anilines is 3. The lowest BCUT2D eigenvalue weighted by Gasteiger charge is -2.19. The fourth-order valence-electron chi connectivity index (χ4n) is 1.86. The Kier molecular flexibility index (Phi) is 4.52. The molecular weight excluding hydrogens is 328 g/mol. The van der Waals surface area contributed by atoms with Crippen LogP contribution in [0.15, 0.2) is 28.7 Å². The van der Waals surface area contributed by atoms with Gasteiger partial charge in [0.05, 0.1) is 0 Å². The maximum atomic E-state index is 4.64. The fourth-order valence-corrected chi connectivity index (χ4v) is 2.22. The first-order valence-corrected chi connectivity index (χ1v) is 7.70. The number of nitrogens with one attached hydrogen (secondary N) is 2. The van der Waals surface area contributed by atoms with Crippen molar-refractivity contribution in [3.05, 3.63) is 40.1 Å². The largest absolute Gasteiger partial charge is 0.373 e. The van der Waals surface area contributed by atoms with Gasteiger partial charge in [-0.15, -0.1) is 0 Å². The average molecular weight is 349 g/mol. The van der Waals surface area contributed by atoms with E-state index in [2.05, 4.69) is 64.2 Å². The predicted octanol–water partition coefficient (Wildman–Crippen LogP) is 4.63. The Balaban J connectivity index is 2.42. The zero-order valence-electron chi connectivity index (χ0n) is 13.1. The number of hydrogen-bond donors (Lipinski definition) is 2. The third-order valence-corrected chi connectivity index (χ3v) is 4.04. The molecule has 4 nitrogen and oxygen atoms in total. The smallest absolute Gasteiger partial charge is 0.138 e. The molecule has 0 saturated heterocycles. The van der Waals surface area contributed by atoms with E-state index >= 15 is 0 Å². The summed E-state index contributed by atoms with van der Waals surface area (Å²) in [6.07, 6.45) is 0. The number of hydrogen-bond acceptors (Lipinski definition) is 4. The summed E-state index contributed by atoms with van der Waals surface area (Å²) in [6, 6.07) is 7.98. The van der Waals surface area contributed by atoms with Crippen molar-refractivity contribution in [2.45, 2.75) is 33.1 Å². The molecule has 1 aromatic carbocycles. The molecule has 0 amide bonds. The topological polar surface area (TPSA) is 49.8 Å². The SMILES string of the molecule is CNc1cc(Nc2cccc(Br)c2C)nc(C(C)(C)C)n1. The van der Waals surface area contributed by atoms with E-state index in [1.54, 1.807) is 0 Å². The van der Waals surface area contributed by atoms with E-state index in [0.717, 1.165) is 33.2 Å². The first-order chi connectivity index (χ1) is 9.81. The lowest BCUT2D eigenvalue weighted by Crippen LogP contribution is -2.17. The van der Waals surface area contributed by atoms with Crippen LogP contribution in [-0.4, -0.2) is 17.0 Å². The normalized spacial score (nSPS) is 11.3. The van der Waals surface area contributed by atoms with Gasteiger partial charge in [-0.05, 0) is 24.6 Å². The van der Waals surface area contributed by atoms with Crippen LogP contribution in [-0.2, 0) is 5.41 Å². The van der Waals surface area contributed by atoms with Crippen LogP contribution in [0.3, 0.4) is 0 Å². The first-order valence-electron chi connectivity index (χ1n) is 6.90. The molecule has 2 aromatic rings. The molecule has 0 bridgehead atoms. The van der Waals surface area contributed by atoms with Crippen molar-refractivity contribution in [3.8, 4) is 0 Å². The summed E-state index contributed by atoms with van der Waals surface area (Å²) in [7, 11) is 1.86. The highest BCUT2D eigenvalue weighted by Gasteiger charge is 2.19. The standard InChI is InChI=1S/C16H21BrN4/c1-10-11(17)7-6-8-12(10)19-14-9-13(18-5)20-15(21-14)16(2,3)4/h6-9H,1-5H3,(H2,18,19,20,21). The maximum Gasteiger partial charge on any atom is 0.138 e. The quantitative estimate of drug-likeness (QED) is 0.848. The third-order valence-electron chi connectivity index (χ3n) is 3.18. The zero-order valence-corrected chi connectivity index (χ0v) is 14.7. The average Bonchev–Trinajstić information content (AvgIpc) is 2.42. The summed E-state index contributed by atoms with van der Waals surface area (Å²) in [5.74, 6) is 2.41. The second-order valence-corrected chi connectivity index (χ2v) is 6.85. The van der Waals surface area contributed by atoms with Crippen molar-refractivity contribution in [1.29, 1.82) is 0 Å². The van der Waals surface area contributed by atoms with Crippen LogP contribution in [0.5, 0.6) is 0 Å². The Labute approximate surface area is 134 Å². The van der Waals surface area contributed by atoms with Gasteiger partial charge in [0, 0.05) is 28.7 Å². The second kappa shape index (κ2) is 6.02. The van der Waals surface area contributed by atoms with Crippen molar-refractivity contribution >= 4 is 33.3 Å². The maximum absolute atomic E-state index is 4.64. The van der Waals surface area contributed by atoms with Crippen molar-refractivity contribution in [3.63, 3.8) is 0 Å². The minimum absolute atomic E-state index is 0.102. The summed E-state index contributed by atoms with van der Waals surface area (Å²) in [5, 5.41) is 6.47. The monoisotopic (exact) mass is 348 g/mol. The van der Waals surface area contributed by atoms with Crippen molar-refractivity contribution in [2.24, 2.45) is 0 Å². The fraction of sp³-hybridized carbons (Fsp3) is 0.375. The van der Waals surface area contributed by atoms with Gasteiger partial charge < -0.3 is 10.6 Å². The van der Waals surface area contributed by atoms with Crippen LogP contribution in [0.4, 0.5) is 17.3 Å². The molecule has 0 fully saturated rings. The van der Waals surface area contributed by atoms with Gasteiger partial charge >= 0.3 is 0 Å². The molecule has 5 heteroatoms. The molecule has 0 aliphatic rings. The summed E-state index contributed by atoms with van der Waals surface area (Å²) in [6.45, 7) is 8.39. The molecule has 2 rings (SSSR count). The van der Waals surface area contributed by atoms with E-state index in [1.165, 1.54) is 0 Å². The number of aromatic nitrogens is 2.